The number of rotatable bonds is 5. The Hall–Kier alpha value is -2.53. The first kappa shape index (κ1) is 15.4. The number of hydrogen-bond donors (Lipinski definition) is 1. The lowest BCUT2D eigenvalue weighted by Gasteiger charge is -1.99. The van der Waals surface area contributed by atoms with Gasteiger partial charge in [0.05, 0.1) is 5.39 Å². The molecule has 3 rings (SSSR count). The standard InChI is InChI=1S/C18H18N4S/c1-13(2)8-9-21-22-17-16-11-15(23-18(16)20-12-19-17)10-14-6-4-3-5-7-14/h3-9,11-12H,10H2,1-2H3,(H,19,20,22)/b21-9-. The summed E-state index contributed by atoms with van der Waals surface area (Å²) in [4.78, 5) is 10.9. The third-order valence-electron chi connectivity index (χ3n) is 3.25. The lowest BCUT2D eigenvalue weighted by atomic mass is 10.1. The molecule has 2 heterocycles. The van der Waals surface area contributed by atoms with E-state index in [2.05, 4.69) is 50.8 Å². The molecule has 116 valence electrons. The number of hydrogen-bond acceptors (Lipinski definition) is 5. The number of thiophene rings is 1. The minimum absolute atomic E-state index is 0.740. The van der Waals surface area contributed by atoms with Gasteiger partial charge in [0.15, 0.2) is 5.82 Å². The molecule has 0 atom stereocenters. The molecule has 2 aromatic heterocycles. The summed E-state index contributed by atoms with van der Waals surface area (Å²) in [6.07, 6.45) is 6.16. The largest absolute Gasteiger partial charge is 0.261 e. The van der Waals surface area contributed by atoms with Crippen LogP contribution in [0.2, 0.25) is 0 Å². The molecule has 3 aromatic rings. The fraction of sp³-hybridized carbons (Fsp3) is 0.167. The Morgan fingerprint density at radius 2 is 2.04 bits per heavy atom. The fourth-order valence-electron chi connectivity index (χ4n) is 2.16. The van der Waals surface area contributed by atoms with Gasteiger partial charge in [-0.05, 0) is 31.6 Å². The highest BCUT2D eigenvalue weighted by atomic mass is 32.1. The Balaban J connectivity index is 1.83. The molecule has 0 aliphatic rings. The second-order valence-electron chi connectivity index (χ2n) is 5.45. The van der Waals surface area contributed by atoms with Gasteiger partial charge in [-0.2, -0.15) is 5.10 Å². The number of hydrazone groups is 1. The van der Waals surface area contributed by atoms with E-state index in [-0.39, 0.29) is 0 Å². The van der Waals surface area contributed by atoms with E-state index >= 15 is 0 Å². The van der Waals surface area contributed by atoms with E-state index in [0.717, 1.165) is 22.5 Å². The van der Waals surface area contributed by atoms with Crippen molar-refractivity contribution in [2.75, 3.05) is 5.43 Å². The number of nitrogens with one attached hydrogen (secondary N) is 1. The smallest absolute Gasteiger partial charge is 0.158 e. The van der Waals surface area contributed by atoms with Gasteiger partial charge in [0.25, 0.3) is 0 Å². The van der Waals surface area contributed by atoms with E-state index in [1.807, 2.05) is 26.0 Å². The van der Waals surface area contributed by atoms with Gasteiger partial charge in [0.1, 0.15) is 11.2 Å². The molecule has 0 amide bonds. The lowest BCUT2D eigenvalue weighted by Crippen LogP contribution is -1.93. The molecule has 0 fully saturated rings. The third-order valence-corrected chi connectivity index (χ3v) is 4.30. The minimum Gasteiger partial charge on any atom is -0.261 e. The molecule has 1 N–H and O–H groups in total. The molecule has 0 saturated carbocycles. The normalized spacial score (nSPS) is 11.0. The van der Waals surface area contributed by atoms with Gasteiger partial charge in [-0.3, -0.25) is 5.43 Å². The average molecular weight is 322 g/mol. The Morgan fingerprint density at radius 3 is 2.83 bits per heavy atom. The van der Waals surface area contributed by atoms with Gasteiger partial charge in [-0.25, -0.2) is 9.97 Å². The van der Waals surface area contributed by atoms with E-state index < -0.39 is 0 Å². The highest BCUT2D eigenvalue weighted by Crippen LogP contribution is 2.29. The summed E-state index contributed by atoms with van der Waals surface area (Å²) in [5, 5.41) is 5.20. The van der Waals surface area contributed by atoms with Crippen molar-refractivity contribution in [3.05, 3.63) is 64.8 Å². The van der Waals surface area contributed by atoms with E-state index in [1.165, 1.54) is 16.0 Å². The van der Waals surface area contributed by atoms with Gasteiger partial charge in [0, 0.05) is 17.5 Å². The second kappa shape index (κ2) is 7.15. The van der Waals surface area contributed by atoms with Gasteiger partial charge < -0.3 is 0 Å². The Labute approximate surface area is 139 Å². The zero-order chi connectivity index (χ0) is 16.1. The van der Waals surface area contributed by atoms with Gasteiger partial charge in [-0.1, -0.05) is 35.9 Å². The first-order chi connectivity index (χ1) is 11.2. The quantitative estimate of drug-likeness (QED) is 0.549. The maximum atomic E-state index is 4.36. The first-order valence-electron chi connectivity index (χ1n) is 7.42. The van der Waals surface area contributed by atoms with Crippen LogP contribution in [0.5, 0.6) is 0 Å². The molecule has 5 heteroatoms. The van der Waals surface area contributed by atoms with Crippen LogP contribution in [0.15, 0.2) is 59.5 Å². The van der Waals surface area contributed by atoms with Crippen molar-refractivity contribution in [3.8, 4) is 0 Å². The number of allylic oxidation sites excluding steroid dienone is 2. The van der Waals surface area contributed by atoms with Gasteiger partial charge >= 0.3 is 0 Å². The summed E-state index contributed by atoms with van der Waals surface area (Å²) in [7, 11) is 0. The summed E-state index contributed by atoms with van der Waals surface area (Å²) < 4.78 is 0. The molecule has 0 aliphatic carbocycles. The SMILES string of the molecule is CC(C)=C/C=N\Nc1ncnc2sc(Cc3ccccc3)cc12. The third kappa shape index (κ3) is 4.02. The van der Waals surface area contributed by atoms with Crippen LogP contribution < -0.4 is 5.43 Å². The maximum absolute atomic E-state index is 4.36. The summed E-state index contributed by atoms with van der Waals surface area (Å²) >= 11 is 1.70. The summed E-state index contributed by atoms with van der Waals surface area (Å²) in [6, 6.07) is 12.6. The molecule has 0 spiro atoms. The van der Waals surface area contributed by atoms with Crippen LogP contribution in [0.4, 0.5) is 5.82 Å². The van der Waals surface area contributed by atoms with Crippen molar-refractivity contribution in [2.24, 2.45) is 5.10 Å². The summed E-state index contributed by atoms with van der Waals surface area (Å²) in [5.41, 5.74) is 5.49. The van der Waals surface area contributed by atoms with E-state index in [4.69, 9.17) is 0 Å². The van der Waals surface area contributed by atoms with Crippen LogP contribution in [0.3, 0.4) is 0 Å². The molecule has 0 aliphatic heterocycles. The molecular weight excluding hydrogens is 304 g/mol. The van der Waals surface area contributed by atoms with Crippen LogP contribution >= 0.6 is 11.3 Å². The van der Waals surface area contributed by atoms with Gasteiger partial charge in [0.2, 0.25) is 0 Å². The number of anilines is 1. The van der Waals surface area contributed by atoms with Crippen molar-refractivity contribution in [1.29, 1.82) is 0 Å². The monoisotopic (exact) mass is 322 g/mol. The zero-order valence-corrected chi connectivity index (χ0v) is 14.0. The predicted octanol–water partition coefficient (Wildman–Crippen LogP) is 4.65. The Bertz CT molecular complexity index is 846. The van der Waals surface area contributed by atoms with Crippen LogP contribution in [0.1, 0.15) is 24.3 Å². The van der Waals surface area contributed by atoms with Crippen LogP contribution in [-0.2, 0) is 6.42 Å². The van der Waals surface area contributed by atoms with Crippen molar-refractivity contribution in [2.45, 2.75) is 20.3 Å². The summed E-state index contributed by atoms with van der Waals surface area (Å²) in [6.45, 7) is 4.06. The molecule has 1 aromatic carbocycles. The topological polar surface area (TPSA) is 50.2 Å². The molecule has 4 nitrogen and oxygen atoms in total. The lowest BCUT2D eigenvalue weighted by molar-refractivity contribution is 1.19. The molecule has 0 radical (unpaired) electrons. The first-order valence-corrected chi connectivity index (χ1v) is 8.24. The molecule has 0 saturated heterocycles. The number of benzene rings is 1. The average Bonchev–Trinajstić information content (AvgIpc) is 2.95. The van der Waals surface area contributed by atoms with Crippen LogP contribution in [0.25, 0.3) is 10.2 Å². The number of fused-ring (bicyclic) bond motifs is 1. The minimum atomic E-state index is 0.740. The highest BCUT2D eigenvalue weighted by Gasteiger charge is 2.08. The Morgan fingerprint density at radius 1 is 1.22 bits per heavy atom. The molecule has 0 bridgehead atoms. The van der Waals surface area contributed by atoms with Crippen molar-refractivity contribution in [3.63, 3.8) is 0 Å². The molecule has 23 heavy (non-hydrogen) atoms. The summed E-state index contributed by atoms with van der Waals surface area (Å²) in [5.74, 6) is 0.740. The maximum Gasteiger partial charge on any atom is 0.158 e. The molecular formula is C18H18N4S. The van der Waals surface area contributed by atoms with Crippen LogP contribution in [0, 0.1) is 0 Å². The van der Waals surface area contributed by atoms with Crippen molar-refractivity contribution < 1.29 is 0 Å². The van der Waals surface area contributed by atoms with Gasteiger partial charge in [-0.15, -0.1) is 11.3 Å². The van der Waals surface area contributed by atoms with E-state index in [1.54, 1.807) is 23.9 Å². The predicted molar refractivity (Wildman–Crippen MR) is 98.2 cm³/mol. The zero-order valence-electron chi connectivity index (χ0n) is 13.2. The van der Waals surface area contributed by atoms with E-state index in [9.17, 15) is 0 Å². The number of aromatic nitrogens is 2. The van der Waals surface area contributed by atoms with Crippen molar-refractivity contribution >= 4 is 33.6 Å². The second-order valence-corrected chi connectivity index (χ2v) is 6.57. The van der Waals surface area contributed by atoms with Crippen molar-refractivity contribution in [1.82, 2.24) is 9.97 Å². The van der Waals surface area contributed by atoms with E-state index in [0.29, 0.717) is 0 Å². The van der Waals surface area contributed by atoms with Crippen LogP contribution in [-0.4, -0.2) is 16.2 Å². The molecule has 0 unspecified atom stereocenters. The highest BCUT2D eigenvalue weighted by molar-refractivity contribution is 7.18. The Kier molecular flexibility index (Phi) is 4.78. The number of nitrogens with zero attached hydrogens (tertiary/aromatic N) is 3. The fourth-order valence-corrected chi connectivity index (χ4v) is 3.19.